The number of para-hydroxylation sites is 1. The van der Waals surface area contributed by atoms with Crippen LogP contribution < -0.4 is 89.3 Å². The van der Waals surface area contributed by atoms with Gasteiger partial charge < -0.3 is 99.4 Å². The summed E-state index contributed by atoms with van der Waals surface area (Å²) in [7, 11) is 3.93. The van der Waals surface area contributed by atoms with Gasteiger partial charge >= 0.3 is 5.97 Å². The van der Waals surface area contributed by atoms with Crippen molar-refractivity contribution in [3.05, 3.63) is 131 Å². The molecule has 31 nitrogen and oxygen atoms in total. The molecule has 5 aromatic carbocycles. The van der Waals surface area contributed by atoms with Crippen molar-refractivity contribution in [2.75, 3.05) is 62.3 Å². The van der Waals surface area contributed by atoms with Crippen molar-refractivity contribution in [1.29, 1.82) is 10.8 Å². The van der Waals surface area contributed by atoms with E-state index in [4.69, 9.17) is 47.0 Å². The second-order valence-electron chi connectivity index (χ2n) is 20.5. The summed E-state index contributed by atoms with van der Waals surface area (Å²) in [4.78, 5) is 137. The SMILES string of the molecule is COc1ccc(NC(=O)[C@@H](C)NC(=O)c2cc(NC(=O)[C@@H](CCCNC(=N)N)NC(=O)c3cc(NC(=O)[C@@H](CCCNC(=N)N)NC(=O)c4cc(NC(C)=O)ccc4OC)ccc3OC)ccc2OCC(=O)O)cc1C(=O)N[C@H](Cc1c[nH]c2ccccc12)C(N)=O. The average Bonchev–Trinajstić information content (AvgIpc) is 1.18. The molecule has 9 amide bonds. The predicted octanol–water partition coefficient (Wildman–Crippen LogP) is 2.20. The van der Waals surface area contributed by atoms with E-state index in [1.54, 1.807) is 6.20 Å². The van der Waals surface area contributed by atoms with Crippen molar-refractivity contribution in [3.63, 3.8) is 0 Å². The van der Waals surface area contributed by atoms with Gasteiger partial charge in [-0.15, -0.1) is 0 Å². The van der Waals surface area contributed by atoms with Crippen molar-refractivity contribution >= 4 is 105 Å². The number of nitrogens with one attached hydrogen (secondary N) is 13. The maximum atomic E-state index is 14.3. The summed E-state index contributed by atoms with van der Waals surface area (Å²) in [5, 5.41) is 51.7. The number of carbonyl (C=O) groups excluding carboxylic acids is 9. The van der Waals surface area contributed by atoms with E-state index in [0.717, 1.165) is 22.5 Å². The molecule has 0 aliphatic heterocycles. The Morgan fingerprint density at radius 1 is 0.533 bits per heavy atom. The van der Waals surface area contributed by atoms with Crippen LogP contribution in [0.1, 0.15) is 86.5 Å². The number of amides is 9. The van der Waals surface area contributed by atoms with Gasteiger partial charge in [-0.05, 0) is 117 Å². The zero-order valence-corrected chi connectivity index (χ0v) is 50.7. The van der Waals surface area contributed by atoms with Crippen molar-refractivity contribution in [2.45, 2.75) is 70.1 Å². The summed E-state index contributed by atoms with van der Waals surface area (Å²) in [6.45, 7) is 1.95. The fourth-order valence-electron chi connectivity index (χ4n) is 9.24. The van der Waals surface area contributed by atoms with Crippen molar-refractivity contribution in [2.24, 2.45) is 17.2 Å². The molecule has 31 heteroatoms. The number of aromatic nitrogens is 1. The van der Waals surface area contributed by atoms with E-state index in [-0.39, 0.29) is 125 Å². The normalized spacial score (nSPS) is 12.0. The summed E-state index contributed by atoms with van der Waals surface area (Å²) in [6.07, 6.45) is 2.06. The third kappa shape index (κ3) is 19.8. The standard InChI is InChI=1S/C61H72N16O15/c1-31(53(82)72-35-15-19-49(91-5)41(26-35)57(86)77-46(52(62)81)24-33-29-69-43-11-7-6-10-38(33)43)70-54(83)42-28-37(17-21-50(42)92-30-51(79)80)74-59(88)45(13-9-23-68-61(65)66)76-56(85)40-27-36(16-20-48(40)90-4)73-58(87)44(12-8-22-67-60(63)64)75-55(84)39-25-34(71-32(2)78)14-18-47(39)89-3/h6-7,10-11,14-21,25-29,31,44-46,69H,8-9,12-13,22-24,30H2,1-5H3,(H2,62,81)(H,70,83)(H,71,78)(H,72,82)(H,73,87)(H,74,88)(H,75,84)(H,76,85)(H,77,86)(H,79,80)(H4,63,64,67)(H4,65,66,68)/t31-,44-,45-,46-/m1/s1. The number of H-pyrrole nitrogens is 1. The number of carboxylic acid groups (broad SMARTS) is 1. The fourth-order valence-corrected chi connectivity index (χ4v) is 9.24. The van der Waals surface area contributed by atoms with Gasteiger partial charge in [0.15, 0.2) is 18.5 Å². The Kier molecular flexibility index (Phi) is 24.7. The number of guanidine groups is 2. The lowest BCUT2D eigenvalue weighted by atomic mass is 10.0. The van der Waals surface area contributed by atoms with Crippen molar-refractivity contribution < 1.29 is 72.0 Å². The molecule has 0 saturated carbocycles. The van der Waals surface area contributed by atoms with Gasteiger partial charge in [0.05, 0.1) is 43.6 Å². The second-order valence-corrected chi connectivity index (χ2v) is 20.5. The number of aliphatic carboxylic acids is 1. The quantitative estimate of drug-likeness (QED) is 0.0163. The highest BCUT2D eigenvalue weighted by Crippen LogP contribution is 2.29. The highest BCUT2D eigenvalue weighted by atomic mass is 16.5. The largest absolute Gasteiger partial charge is 0.496 e. The summed E-state index contributed by atoms with van der Waals surface area (Å²) in [5.41, 5.74) is 17.9. The molecule has 20 N–H and O–H groups in total. The number of carbonyl (C=O) groups is 10. The van der Waals surface area contributed by atoms with Gasteiger partial charge in [-0.25, -0.2) is 4.79 Å². The summed E-state index contributed by atoms with van der Waals surface area (Å²) in [6, 6.07) is 18.4. The molecular formula is C61H72N16O15. The number of methoxy groups -OCH3 is 3. The molecule has 0 radical (unpaired) electrons. The Morgan fingerprint density at radius 3 is 1.36 bits per heavy atom. The third-order valence-corrected chi connectivity index (χ3v) is 13.7. The van der Waals surface area contributed by atoms with Gasteiger partial charge in [0.1, 0.15) is 47.2 Å². The number of benzene rings is 5. The van der Waals surface area contributed by atoms with Crippen LogP contribution in [0, 0.1) is 10.8 Å². The molecule has 6 aromatic rings. The summed E-state index contributed by atoms with van der Waals surface area (Å²) in [5.74, 6) is -9.06. The lowest BCUT2D eigenvalue weighted by Crippen LogP contribution is -2.46. The van der Waals surface area contributed by atoms with E-state index in [9.17, 15) is 53.1 Å². The van der Waals surface area contributed by atoms with E-state index in [1.807, 2.05) is 24.3 Å². The van der Waals surface area contributed by atoms with Crippen LogP contribution in [0.4, 0.5) is 22.7 Å². The molecule has 0 bridgehead atoms. The minimum atomic E-state index is -1.40. The highest BCUT2D eigenvalue weighted by molar-refractivity contribution is 6.08. The van der Waals surface area contributed by atoms with Crippen LogP contribution in [-0.4, -0.2) is 146 Å². The molecule has 0 saturated heterocycles. The zero-order chi connectivity index (χ0) is 67.2. The minimum Gasteiger partial charge on any atom is -0.496 e. The number of carboxylic acids is 1. The first-order valence-electron chi connectivity index (χ1n) is 28.3. The number of nitrogens with two attached hydrogens (primary N) is 3. The molecule has 0 aliphatic rings. The Balaban J connectivity index is 1.18. The molecular weight excluding hydrogens is 1200 g/mol. The van der Waals surface area contributed by atoms with E-state index in [0.29, 0.717) is 0 Å². The van der Waals surface area contributed by atoms with Gasteiger partial charge in [-0.2, -0.15) is 0 Å². The predicted molar refractivity (Wildman–Crippen MR) is 339 cm³/mol. The number of primary amides is 1. The topological polar surface area (TPSA) is 490 Å². The van der Waals surface area contributed by atoms with Gasteiger partial charge in [-0.1, -0.05) is 18.2 Å². The second kappa shape index (κ2) is 32.9. The number of rotatable bonds is 32. The lowest BCUT2D eigenvalue weighted by Gasteiger charge is -2.21. The molecule has 1 heterocycles. The molecule has 4 atom stereocenters. The number of fused-ring (bicyclic) bond motifs is 1. The molecule has 0 unspecified atom stereocenters. The first kappa shape index (κ1) is 69.2. The molecule has 486 valence electrons. The van der Waals surface area contributed by atoms with E-state index in [2.05, 4.69) is 58.2 Å². The molecule has 1 aromatic heterocycles. The number of hydrogen-bond acceptors (Lipinski definition) is 16. The Hall–Kier alpha value is -11.9. The molecule has 6 rings (SSSR count). The summed E-state index contributed by atoms with van der Waals surface area (Å²) < 4.78 is 21.7. The highest BCUT2D eigenvalue weighted by Gasteiger charge is 2.29. The van der Waals surface area contributed by atoms with E-state index in [1.165, 1.54) is 102 Å². The third-order valence-electron chi connectivity index (χ3n) is 13.7. The minimum absolute atomic E-state index is 0.00419. The average molecular weight is 1270 g/mol. The Labute approximate surface area is 526 Å². The van der Waals surface area contributed by atoms with E-state index < -0.39 is 89.9 Å². The van der Waals surface area contributed by atoms with Crippen LogP contribution in [0.2, 0.25) is 0 Å². The van der Waals surface area contributed by atoms with Gasteiger partial charge in [0.25, 0.3) is 23.6 Å². The number of hydrogen-bond donors (Lipinski definition) is 17. The fraction of sp³-hybridized carbons (Fsp3) is 0.279. The van der Waals surface area contributed by atoms with Crippen LogP contribution in [0.5, 0.6) is 23.0 Å². The first-order valence-corrected chi connectivity index (χ1v) is 28.3. The first-order chi connectivity index (χ1) is 43.9. The van der Waals surface area contributed by atoms with Crippen LogP contribution in [0.3, 0.4) is 0 Å². The van der Waals surface area contributed by atoms with Crippen LogP contribution in [-0.2, 0) is 35.2 Å². The Morgan fingerprint density at radius 2 is 0.935 bits per heavy atom. The van der Waals surface area contributed by atoms with Gasteiger partial charge in [0, 0.05) is 66.3 Å². The van der Waals surface area contributed by atoms with Crippen LogP contribution in [0.15, 0.2) is 103 Å². The molecule has 0 fully saturated rings. The van der Waals surface area contributed by atoms with Crippen LogP contribution in [0.25, 0.3) is 10.9 Å². The monoisotopic (exact) mass is 1270 g/mol. The van der Waals surface area contributed by atoms with E-state index >= 15 is 0 Å². The van der Waals surface area contributed by atoms with Gasteiger partial charge in [-0.3, -0.25) is 54.0 Å². The number of aromatic amines is 1. The van der Waals surface area contributed by atoms with Gasteiger partial charge in [0.2, 0.25) is 29.5 Å². The van der Waals surface area contributed by atoms with Crippen molar-refractivity contribution in [3.8, 4) is 23.0 Å². The van der Waals surface area contributed by atoms with Crippen molar-refractivity contribution in [1.82, 2.24) is 36.9 Å². The number of anilines is 4. The maximum absolute atomic E-state index is 14.3. The maximum Gasteiger partial charge on any atom is 0.341 e. The Bertz CT molecular complexity index is 3780. The molecule has 92 heavy (non-hydrogen) atoms. The summed E-state index contributed by atoms with van der Waals surface area (Å²) >= 11 is 0. The zero-order valence-electron chi connectivity index (χ0n) is 50.7. The van der Waals surface area contributed by atoms with Crippen LogP contribution >= 0.6 is 0 Å². The molecule has 0 spiro atoms. The smallest absolute Gasteiger partial charge is 0.341 e. The molecule has 0 aliphatic carbocycles. The number of ether oxygens (including phenoxy) is 4. The lowest BCUT2D eigenvalue weighted by molar-refractivity contribution is -0.139.